The molecule has 0 spiro atoms. The van der Waals surface area contributed by atoms with E-state index in [9.17, 15) is 17.2 Å². The summed E-state index contributed by atoms with van der Waals surface area (Å²) in [6, 6.07) is 6.06. The van der Waals surface area contributed by atoms with Crippen molar-refractivity contribution in [2.75, 3.05) is 0 Å². The van der Waals surface area contributed by atoms with E-state index in [1.54, 1.807) is 19.9 Å². The first-order chi connectivity index (χ1) is 10.7. The molecular weight excluding hydrogens is 324 g/mol. The maximum atomic E-state index is 14.2. The number of nitriles is 1. The highest BCUT2D eigenvalue weighted by atomic mass is 32.2. The van der Waals surface area contributed by atoms with Gasteiger partial charge in [0.25, 0.3) is 0 Å². The molecule has 2 rings (SSSR count). The molecule has 1 aromatic carbocycles. The number of sulfonamides is 1. The summed E-state index contributed by atoms with van der Waals surface area (Å²) in [5, 5.41) is 8.62. The average Bonchev–Trinajstić information content (AvgIpc) is 2.88. The normalized spacial score (nSPS) is 11.7. The lowest BCUT2D eigenvalue weighted by Crippen LogP contribution is -2.31. The number of nitrogens with zero attached hydrogens (tertiary/aromatic N) is 1. The van der Waals surface area contributed by atoms with Crippen molar-refractivity contribution in [1.29, 1.82) is 5.26 Å². The van der Waals surface area contributed by atoms with Crippen LogP contribution in [0.2, 0.25) is 0 Å². The first-order valence-corrected chi connectivity index (χ1v) is 8.29. The van der Waals surface area contributed by atoms with Crippen LogP contribution in [-0.2, 0) is 16.4 Å². The highest BCUT2D eigenvalue weighted by Gasteiger charge is 2.23. The van der Waals surface area contributed by atoms with E-state index in [0.29, 0.717) is 11.8 Å². The third-order valence-electron chi connectivity index (χ3n) is 3.01. The third-order valence-corrected chi connectivity index (χ3v) is 4.68. The van der Waals surface area contributed by atoms with Crippen molar-refractivity contribution in [3.63, 3.8) is 0 Å². The Balaban J connectivity index is 2.47. The summed E-state index contributed by atoms with van der Waals surface area (Å²) in [6.45, 7) is 3.16. The minimum absolute atomic E-state index is 0.102. The fourth-order valence-corrected chi connectivity index (χ4v) is 3.42. The molecular formula is C15H15F2N3O2S. The van der Waals surface area contributed by atoms with Crippen molar-refractivity contribution < 1.29 is 17.2 Å². The zero-order chi connectivity index (χ0) is 17.2. The second-order valence-electron chi connectivity index (χ2n) is 5.27. The standard InChI is InChI=1S/C15H15F2N3O2S/c1-9(2)20-23(21,22)15-8-12(16)11(7-13(15)17)14-4-3-10(19-14)5-6-18/h3-4,7-9,19-20H,5H2,1-2H3. The van der Waals surface area contributed by atoms with Crippen molar-refractivity contribution in [2.45, 2.75) is 31.2 Å². The van der Waals surface area contributed by atoms with Crippen molar-refractivity contribution in [2.24, 2.45) is 0 Å². The summed E-state index contributed by atoms with van der Waals surface area (Å²) in [7, 11) is -4.13. The van der Waals surface area contributed by atoms with E-state index < -0.39 is 32.6 Å². The van der Waals surface area contributed by atoms with Gasteiger partial charge < -0.3 is 4.98 Å². The number of H-pyrrole nitrogens is 1. The molecule has 2 N–H and O–H groups in total. The van der Waals surface area contributed by atoms with E-state index in [0.717, 1.165) is 6.07 Å². The molecule has 1 aromatic heterocycles. The van der Waals surface area contributed by atoms with E-state index in [-0.39, 0.29) is 17.7 Å². The van der Waals surface area contributed by atoms with Gasteiger partial charge in [0.15, 0.2) is 0 Å². The molecule has 0 aliphatic rings. The van der Waals surface area contributed by atoms with Gasteiger partial charge in [0.1, 0.15) is 16.5 Å². The zero-order valence-electron chi connectivity index (χ0n) is 12.5. The number of nitrogens with one attached hydrogen (secondary N) is 2. The molecule has 0 saturated heterocycles. The Morgan fingerprint density at radius 2 is 1.96 bits per heavy atom. The summed E-state index contributed by atoms with van der Waals surface area (Å²) in [6.07, 6.45) is 0.106. The smallest absolute Gasteiger partial charge is 0.243 e. The number of hydrogen-bond acceptors (Lipinski definition) is 3. The lowest BCUT2D eigenvalue weighted by Gasteiger charge is -2.11. The van der Waals surface area contributed by atoms with Gasteiger partial charge in [-0.3, -0.25) is 0 Å². The summed E-state index contributed by atoms with van der Waals surface area (Å²) in [5.41, 5.74) is 0.725. The average molecular weight is 339 g/mol. The van der Waals surface area contributed by atoms with Crippen LogP contribution in [0.15, 0.2) is 29.2 Å². The predicted molar refractivity (Wildman–Crippen MR) is 80.9 cm³/mol. The van der Waals surface area contributed by atoms with E-state index in [1.807, 2.05) is 6.07 Å². The Kier molecular flexibility index (Phi) is 4.82. The van der Waals surface area contributed by atoms with Crippen LogP contribution in [0.4, 0.5) is 8.78 Å². The van der Waals surface area contributed by atoms with Crippen LogP contribution in [0.25, 0.3) is 11.3 Å². The van der Waals surface area contributed by atoms with Crippen molar-refractivity contribution in [3.8, 4) is 17.3 Å². The summed E-state index contributed by atoms with van der Waals surface area (Å²) in [4.78, 5) is 2.06. The number of benzene rings is 1. The monoisotopic (exact) mass is 339 g/mol. The number of halogens is 2. The summed E-state index contributed by atoms with van der Waals surface area (Å²) in [5.74, 6) is -1.92. The number of aromatic nitrogens is 1. The Labute approximate surface area is 133 Å². The lowest BCUT2D eigenvalue weighted by atomic mass is 10.1. The largest absolute Gasteiger partial charge is 0.357 e. The molecule has 5 nitrogen and oxygen atoms in total. The van der Waals surface area contributed by atoms with Gasteiger partial charge in [-0.15, -0.1) is 0 Å². The van der Waals surface area contributed by atoms with Crippen LogP contribution < -0.4 is 4.72 Å². The number of rotatable bonds is 5. The van der Waals surface area contributed by atoms with Gasteiger partial charge in [-0.1, -0.05) is 0 Å². The van der Waals surface area contributed by atoms with E-state index in [2.05, 4.69) is 9.71 Å². The highest BCUT2D eigenvalue weighted by Crippen LogP contribution is 2.27. The Hall–Kier alpha value is -2.24. The molecule has 0 fully saturated rings. The first-order valence-electron chi connectivity index (χ1n) is 6.81. The number of aromatic amines is 1. The summed E-state index contributed by atoms with van der Waals surface area (Å²) >= 11 is 0. The van der Waals surface area contributed by atoms with Crippen molar-refractivity contribution in [1.82, 2.24) is 9.71 Å². The molecule has 0 unspecified atom stereocenters. The molecule has 0 amide bonds. The SMILES string of the molecule is CC(C)NS(=O)(=O)c1cc(F)c(-c2ccc(CC#N)[nH]2)cc1F. The van der Waals surface area contributed by atoms with E-state index >= 15 is 0 Å². The molecule has 2 aromatic rings. The van der Waals surface area contributed by atoms with Crippen LogP contribution in [0.1, 0.15) is 19.5 Å². The van der Waals surface area contributed by atoms with Gasteiger partial charge in [-0.05, 0) is 38.1 Å². The minimum atomic E-state index is -4.13. The molecule has 1 heterocycles. The molecule has 0 aliphatic carbocycles. The van der Waals surface area contributed by atoms with Gasteiger partial charge in [0.05, 0.1) is 12.5 Å². The molecule has 0 saturated carbocycles. The van der Waals surface area contributed by atoms with Gasteiger partial charge in [-0.2, -0.15) is 5.26 Å². The van der Waals surface area contributed by atoms with Gasteiger partial charge in [0.2, 0.25) is 10.0 Å². The Morgan fingerprint density at radius 1 is 1.26 bits per heavy atom. The molecule has 8 heteroatoms. The second-order valence-corrected chi connectivity index (χ2v) is 6.95. The van der Waals surface area contributed by atoms with Gasteiger partial charge >= 0.3 is 0 Å². The van der Waals surface area contributed by atoms with E-state index in [4.69, 9.17) is 5.26 Å². The fraction of sp³-hybridized carbons (Fsp3) is 0.267. The van der Waals surface area contributed by atoms with Crippen LogP contribution in [0.5, 0.6) is 0 Å². The molecule has 122 valence electrons. The van der Waals surface area contributed by atoms with E-state index in [1.165, 1.54) is 6.07 Å². The molecule has 0 bridgehead atoms. The van der Waals surface area contributed by atoms with Crippen LogP contribution in [-0.4, -0.2) is 19.4 Å². The lowest BCUT2D eigenvalue weighted by molar-refractivity contribution is 0.540. The van der Waals surface area contributed by atoms with Crippen LogP contribution >= 0.6 is 0 Å². The molecule has 0 aliphatic heterocycles. The summed E-state index contributed by atoms with van der Waals surface area (Å²) < 4.78 is 54.6. The van der Waals surface area contributed by atoms with Crippen molar-refractivity contribution in [3.05, 3.63) is 41.6 Å². The molecule has 23 heavy (non-hydrogen) atoms. The predicted octanol–water partition coefficient (Wildman–Crippen LogP) is 2.71. The topological polar surface area (TPSA) is 85.8 Å². The van der Waals surface area contributed by atoms with Crippen LogP contribution in [0, 0.1) is 23.0 Å². The first kappa shape index (κ1) is 17.1. The quantitative estimate of drug-likeness (QED) is 0.878. The Bertz CT molecular complexity index is 867. The fourth-order valence-electron chi connectivity index (χ4n) is 2.10. The number of hydrogen-bond donors (Lipinski definition) is 2. The highest BCUT2D eigenvalue weighted by molar-refractivity contribution is 7.89. The molecule has 0 radical (unpaired) electrons. The maximum Gasteiger partial charge on any atom is 0.243 e. The Morgan fingerprint density at radius 3 is 2.57 bits per heavy atom. The van der Waals surface area contributed by atoms with Crippen molar-refractivity contribution >= 4 is 10.0 Å². The molecule has 0 atom stereocenters. The maximum absolute atomic E-state index is 14.2. The zero-order valence-corrected chi connectivity index (χ0v) is 13.3. The van der Waals surface area contributed by atoms with Gasteiger partial charge in [-0.25, -0.2) is 21.9 Å². The van der Waals surface area contributed by atoms with Gasteiger partial charge in [0, 0.05) is 23.0 Å². The third kappa shape index (κ3) is 3.75. The van der Waals surface area contributed by atoms with Crippen LogP contribution in [0.3, 0.4) is 0 Å². The second kappa shape index (κ2) is 6.48. The minimum Gasteiger partial charge on any atom is -0.357 e.